The highest BCUT2D eigenvalue weighted by Gasteiger charge is 2.69. The molecule has 6 heterocycles. The minimum Gasteiger partial charge on any atom is -0.484 e. The number of morpholine rings is 1. The van der Waals surface area contributed by atoms with Gasteiger partial charge in [-0.3, -0.25) is 9.78 Å². The van der Waals surface area contributed by atoms with Gasteiger partial charge in [-0.2, -0.15) is 0 Å². The first-order valence-corrected chi connectivity index (χ1v) is 11.5. The van der Waals surface area contributed by atoms with E-state index in [0.29, 0.717) is 19.8 Å². The van der Waals surface area contributed by atoms with Crippen molar-refractivity contribution < 1.29 is 19.0 Å². The Morgan fingerprint density at radius 3 is 2.97 bits per heavy atom. The molecule has 0 unspecified atom stereocenters. The molecule has 3 saturated heterocycles. The van der Waals surface area contributed by atoms with Crippen molar-refractivity contribution in [1.29, 1.82) is 0 Å². The van der Waals surface area contributed by atoms with Crippen LogP contribution in [0.25, 0.3) is 10.9 Å². The molecule has 33 heavy (non-hydrogen) atoms. The van der Waals surface area contributed by atoms with Gasteiger partial charge in [0.25, 0.3) is 0 Å². The first-order valence-electron chi connectivity index (χ1n) is 11.5. The third kappa shape index (κ3) is 2.78. The highest BCUT2D eigenvalue weighted by Crippen LogP contribution is 2.58. The maximum Gasteiger partial charge on any atom is 0.249 e. The number of nitrogens with zero attached hydrogens (tertiary/aromatic N) is 5. The number of aromatic nitrogens is 4. The maximum atomic E-state index is 12.3. The zero-order chi connectivity index (χ0) is 22.2. The van der Waals surface area contributed by atoms with Crippen LogP contribution in [0.5, 0.6) is 5.75 Å². The Kier molecular flexibility index (Phi) is 3.97. The van der Waals surface area contributed by atoms with Crippen LogP contribution in [0.15, 0.2) is 30.6 Å². The van der Waals surface area contributed by atoms with E-state index in [-0.39, 0.29) is 29.7 Å². The number of rotatable bonds is 4. The standard InChI is InChI=1S/C24H25N5O4/c1-15(33-17-2-3-20-19(6-17)18-4-5-31-9-16(18)7-25-20)21-8-29(27-26-21)23-11-24(12-23)14-32-10-22(30)28(24)13-23/h2-3,6-8,15H,4-5,9-14H2,1H3/t15-,23?,24?/m1/s1. The molecule has 0 N–H and O–H groups in total. The molecule has 1 spiro atoms. The van der Waals surface area contributed by atoms with Crippen LogP contribution in [0.2, 0.25) is 0 Å². The summed E-state index contributed by atoms with van der Waals surface area (Å²) in [7, 11) is 0. The first kappa shape index (κ1) is 19.4. The molecule has 170 valence electrons. The van der Waals surface area contributed by atoms with Crippen LogP contribution in [-0.4, -0.2) is 62.7 Å². The molecule has 2 bridgehead atoms. The Balaban J connectivity index is 1.12. The second kappa shape index (κ2) is 6.74. The quantitative estimate of drug-likeness (QED) is 0.605. The lowest BCUT2D eigenvalue weighted by Gasteiger charge is -2.48. The minimum atomic E-state index is -0.258. The molecule has 1 saturated carbocycles. The van der Waals surface area contributed by atoms with Crippen molar-refractivity contribution in [3.05, 3.63) is 47.4 Å². The fourth-order valence-electron chi connectivity index (χ4n) is 6.19. The summed E-state index contributed by atoms with van der Waals surface area (Å²) in [4.78, 5) is 18.9. The van der Waals surface area contributed by atoms with E-state index >= 15 is 0 Å². The molecule has 1 aliphatic carbocycles. The summed E-state index contributed by atoms with van der Waals surface area (Å²) in [6, 6.07) is 6.03. The second-order valence-corrected chi connectivity index (χ2v) is 9.87. The van der Waals surface area contributed by atoms with E-state index in [1.807, 2.05) is 41.0 Å². The largest absolute Gasteiger partial charge is 0.484 e. The third-order valence-electron chi connectivity index (χ3n) is 7.76. The summed E-state index contributed by atoms with van der Waals surface area (Å²) in [6.07, 6.45) is 6.26. The Morgan fingerprint density at radius 2 is 2.09 bits per heavy atom. The molecule has 8 rings (SSSR count). The van der Waals surface area contributed by atoms with Crippen molar-refractivity contribution >= 4 is 16.8 Å². The fourth-order valence-corrected chi connectivity index (χ4v) is 6.19. The van der Waals surface area contributed by atoms with E-state index in [2.05, 4.69) is 21.4 Å². The van der Waals surface area contributed by atoms with Gasteiger partial charge in [0, 0.05) is 31.0 Å². The molecule has 5 aliphatic rings. The number of fused-ring (bicyclic) bond motifs is 3. The van der Waals surface area contributed by atoms with Crippen molar-refractivity contribution in [2.75, 3.05) is 26.4 Å². The van der Waals surface area contributed by atoms with Gasteiger partial charge in [0.1, 0.15) is 24.2 Å². The minimum absolute atomic E-state index is 0.0807. The van der Waals surface area contributed by atoms with Crippen LogP contribution in [0.4, 0.5) is 0 Å². The lowest BCUT2D eigenvalue weighted by atomic mass is 9.67. The molecule has 4 fully saturated rings. The topological polar surface area (TPSA) is 91.6 Å². The summed E-state index contributed by atoms with van der Waals surface area (Å²) in [5.41, 5.74) is 3.87. The second-order valence-electron chi connectivity index (χ2n) is 9.87. The van der Waals surface area contributed by atoms with E-state index < -0.39 is 0 Å². The average molecular weight is 447 g/mol. The average Bonchev–Trinajstić information content (AvgIpc) is 3.51. The van der Waals surface area contributed by atoms with Gasteiger partial charge >= 0.3 is 0 Å². The Hall–Kier alpha value is -3.04. The maximum absolute atomic E-state index is 12.3. The van der Waals surface area contributed by atoms with Gasteiger partial charge in [0.2, 0.25) is 5.91 Å². The smallest absolute Gasteiger partial charge is 0.249 e. The van der Waals surface area contributed by atoms with Crippen LogP contribution < -0.4 is 4.74 Å². The molecule has 1 atom stereocenters. The van der Waals surface area contributed by atoms with Crippen molar-refractivity contribution in [2.45, 2.75) is 50.0 Å². The Bertz CT molecular complexity index is 1280. The van der Waals surface area contributed by atoms with Crippen molar-refractivity contribution in [3.63, 3.8) is 0 Å². The van der Waals surface area contributed by atoms with Gasteiger partial charge in [-0.05, 0) is 42.7 Å². The molecule has 2 aromatic heterocycles. The molecule has 0 radical (unpaired) electrons. The van der Waals surface area contributed by atoms with E-state index in [1.165, 1.54) is 5.56 Å². The van der Waals surface area contributed by atoms with Crippen LogP contribution in [0.1, 0.15) is 42.7 Å². The van der Waals surface area contributed by atoms with Crippen molar-refractivity contribution in [1.82, 2.24) is 24.9 Å². The molecular weight excluding hydrogens is 422 g/mol. The van der Waals surface area contributed by atoms with Gasteiger partial charge in [0.15, 0.2) is 0 Å². The first-order chi connectivity index (χ1) is 16.1. The monoisotopic (exact) mass is 447 g/mol. The van der Waals surface area contributed by atoms with E-state index in [9.17, 15) is 4.79 Å². The van der Waals surface area contributed by atoms with Gasteiger partial charge in [-0.15, -0.1) is 5.10 Å². The summed E-state index contributed by atoms with van der Waals surface area (Å²) in [6.45, 7) is 4.81. The van der Waals surface area contributed by atoms with Gasteiger partial charge in [-0.25, -0.2) is 4.68 Å². The number of ether oxygens (including phenoxy) is 3. The lowest BCUT2D eigenvalue weighted by Crippen LogP contribution is -2.60. The van der Waals surface area contributed by atoms with Gasteiger partial charge in [0.05, 0.1) is 42.6 Å². The van der Waals surface area contributed by atoms with E-state index in [1.54, 1.807) is 0 Å². The van der Waals surface area contributed by atoms with E-state index in [4.69, 9.17) is 14.2 Å². The predicted octanol–water partition coefficient (Wildman–Crippen LogP) is 2.14. The molecule has 9 nitrogen and oxygen atoms in total. The molecule has 1 aromatic carbocycles. The van der Waals surface area contributed by atoms with E-state index in [0.717, 1.165) is 53.8 Å². The van der Waals surface area contributed by atoms with Crippen molar-refractivity contribution in [2.24, 2.45) is 0 Å². The summed E-state index contributed by atoms with van der Waals surface area (Å²) >= 11 is 0. The number of hydrogen-bond acceptors (Lipinski definition) is 7. The Labute approximate surface area is 190 Å². The predicted molar refractivity (Wildman–Crippen MR) is 117 cm³/mol. The molecule has 9 heteroatoms. The Morgan fingerprint density at radius 1 is 1.18 bits per heavy atom. The van der Waals surface area contributed by atoms with Crippen LogP contribution in [0, 0.1) is 0 Å². The zero-order valence-electron chi connectivity index (χ0n) is 18.5. The SMILES string of the molecule is C[C@@H](Oc1ccc2ncc3c(c2c1)CCOC3)c1cn(C23CN4C(=O)COCC4(C2)C3)nn1. The fraction of sp³-hybridized carbons (Fsp3) is 0.500. The number of amides is 1. The van der Waals surface area contributed by atoms with Crippen LogP contribution in [0.3, 0.4) is 0 Å². The summed E-state index contributed by atoms with van der Waals surface area (Å²) in [5.74, 6) is 0.866. The highest BCUT2D eigenvalue weighted by atomic mass is 16.5. The molecule has 4 aliphatic heterocycles. The summed E-state index contributed by atoms with van der Waals surface area (Å²) in [5, 5.41) is 9.98. The number of carbonyl (C=O) groups excluding carboxylic acids is 1. The molecular formula is C24H25N5O4. The molecule has 1 amide bonds. The van der Waals surface area contributed by atoms with Crippen LogP contribution >= 0.6 is 0 Å². The summed E-state index contributed by atoms with van der Waals surface area (Å²) < 4.78 is 19.3. The third-order valence-corrected chi connectivity index (χ3v) is 7.76. The van der Waals surface area contributed by atoms with Crippen LogP contribution in [-0.2, 0) is 32.8 Å². The number of hydrogen-bond donors (Lipinski definition) is 0. The number of pyridine rings is 1. The normalized spacial score (nSPS) is 28.9. The lowest BCUT2D eigenvalue weighted by molar-refractivity contribution is -0.155. The highest BCUT2D eigenvalue weighted by molar-refractivity contribution is 5.84. The van der Waals surface area contributed by atoms with Crippen molar-refractivity contribution in [3.8, 4) is 5.75 Å². The molecule has 3 aromatic rings. The van der Waals surface area contributed by atoms with Gasteiger partial charge < -0.3 is 19.1 Å². The van der Waals surface area contributed by atoms with Gasteiger partial charge in [-0.1, -0.05) is 5.21 Å². The number of benzene rings is 1. The number of carbonyl (C=O) groups is 1. The zero-order valence-corrected chi connectivity index (χ0v) is 18.5.